The summed E-state index contributed by atoms with van der Waals surface area (Å²) >= 11 is 0. The highest BCUT2D eigenvalue weighted by Gasteiger charge is 2.36. The summed E-state index contributed by atoms with van der Waals surface area (Å²) < 4.78 is 5.17. The fourth-order valence-electron chi connectivity index (χ4n) is 3.79. The summed E-state index contributed by atoms with van der Waals surface area (Å²) in [5, 5.41) is 2.80. The second-order valence-corrected chi connectivity index (χ2v) is 7.63. The standard InChI is InChI=1S/C26H22N2O5/c1-3-17-9-6-8-16(2)23(17)27-22(29)15-33-26(32)18-10-7-11-19(14-18)28-24(30)20-12-4-5-13-21(20)25(28)31/h4-14H,3,15H2,1-2H3,(H,27,29). The molecular formula is C26H22N2O5. The fraction of sp³-hybridized carbons (Fsp3) is 0.154. The summed E-state index contributed by atoms with van der Waals surface area (Å²) in [5.74, 6) is -2.09. The third-order valence-corrected chi connectivity index (χ3v) is 5.47. The summed E-state index contributed by atoms with van der Waals surface area (Å²) in [5.41, 5.74) is 3.64. The van der Waals surface area contributed by atoms with Crippen molar-refractivity contribution >= 4 is 35.1 Å². The molecule has 1 heterocycles. The van der Waals surface area contributed by atoms with Gasteiger partial charge in [0.15, 0.2) is 6.61 Å². The molecule has 0 fully saturated rings. The number of carbonyl (C=O) groups is 4. The fourth-order valence-corrected chi connectivity index (χ4v) is 3.79. The molecule has 1 aliphatic heterocycles. The highest BCUT2D eigenvalue weighted by atomic mass is 16.5. The molecule has 33 heavy (non-hydrogen) atoms. The molecule has 0 saturated heterocycles. The lowest BCUT2D eigenvalue weighted by molar-refractivity contribution is -0.119. The van der Waals surface area contributed by atoms with E-state index in [1.807, 2.05) is 32.0 Å². The predicted molar refractivity (Wildman–Crippen MR) is 123 cm³/mol. The first-order valence-electron chi connectivity index (χ1n) is 10.5. The topological polar surface area (TPSA) is 92.8 Å². The Hall–Kier alpha value is -4.26. The van der Waals surface area contributed by atoms with Gasteiger partial charge in [-0.15, -0.1) is 0 Å². The number of para-hydroxylation sites is 1. The molecule has 1 aliphatic rings. The van der Waals surface area contributed by atoms with Gasteiger partial charge >= 0.3 is 5.97 Å². The molecule has 3 aromatic rings. The van der Waals surface area contributed by atoms with Crippen molar-refractivity contribution in [1.82, 2.24) is 0 Å². The number of imide groups is 1. The molecule has 0 aromatic heterocycles. The Balaban J connectivity index is 1.44. The smallest absolute Gasteiger partial charge is 0.338 e. The van der Waals surface area contributed by atoms with Crippen molar-refractivity contribution in [2.45, 2.75) is 20.3 Å². The Morgan fingerprint density at radius 2 is 1.58 bits per heavy atom. The van der Waals surface area contributed by atoms with Crippen molar-refractivity contribution in [3.8, 4) is 0 Å². The van der Waals surface area contributed by atoms with Crippen molar-refractivity contribution < 1.29 is 23.9 Å². The van der Waals surface area contributed by atoms with Crippen molar-refractivity contribution in [3.63, 3.8) is 0 Å². The summed E-state index contributed by atoms with van der Waals surface area (Å²) in [6, 6.07) is 18.3. The Labute approximate surface area is 191 Å². The molecule has 4 rings (SSSR count). The van der Waals surface area contributed by atoms with Gasteiger partial charge in [0.2, 0.25) is 0 Å². The van der Waals surface area contributed by atoms with Crippen molar-refractivity contribution in [1.29, 1.82) is 0 Å². The Morgan fingerprint density at radius 1 is 0.909 bits per heavy atom. The van der Waals surface area contributed by atoms with Crippen molar-refractivity contribution in [3.05, 3.63) is 94.5 Å². The van der Waals surface area contributed by atoms with E-state index in [0.717, 1.165) is 22.4 Å². The second-order valence-electron chi connectivity index (χ2n) is 7.63. The van der Waals surface area contributed by atoms with E-state index in [1.54, 1.807) is 36.4 Å². The molecule has 0 saturated carbocycles. The number of hydrogen-bond donors (Lipinski definition) is 1. The van der Waals surface area contributed by atoms with Gasteiger partial charge in [-0.2, -0.15) is 0 Å². The van der Waals surface area contributed by atoms with Crippen LogP contribution in [0.15, 0.2) is 66.7 Å². The van der Waals surface area contributed by atoms with Crippen LogP contribution in [0.2, 0.25) is 0 Å². The van der Waals surface area contributed by atoms with Crippen LogP contribution >= 0.6 is 0 Å². The lowest BCUT2D eigenvalue weighted by atomic mass is 10.1. The first-order chi connectivity index (χ1) is 15.9. The van der Waals surface area contributed by atoms with Crippen molar-refractivity contribution in [2.24, 2.45) is 0 Å². The van der Waals surface area contributed by atoms with Gasteiger partial charge in [-0.3, -0.25) is 14.4 Å². The quantitative estimate of drug-likeness (QED) is 0.457. The minimum absolute atomic E-state index is 0.127. The van der Waals surface area contributed by atoms with Crippen LogP contribution in [-0.2, 0) is 16.0 Å². The lowest BCUT2D eigenvalue weighted by Crippen LogP contribution is -2.29. The summed E-state index contributed by atoms with van der Waals surface area (Å²) in [4.78, 5) is 51.3. The summed E-state index contributed by atoms with van der Waals surface area (Å²) in [6.45, 7) is 3.42. The number of amides is 3. The van der Waals surface area contributed by atoms with Gasteiger partial charge in [0.25, 0.3) is 17.7 Å². The van der Waals surface area contributed by atoms with Gasteiger partial charge in [0.1, 0.15) is 0 Å². The lowest BCUT2D eigenvalue weighted by Gasteiger charge is -2.15. The monoisotopic (exact) mass is 442 g/mol. The first-order valence-corrected chi connectivity index (χ1v) is 10.5. The van der Waals surface area contributed by atoms with E-state index in [0.29, 0.717) is 16.8 Å². The van der Waals surface area contributed by atoms with E-state index >= 15 is 0 Å². The van der Waals surface area contributed by atoms with E-state index in [-0.39, 0.29) is 11.3 Å². The Kier molecular flexibility index (Phi) is 6.04. The summed E-state index contributed by atoms with van der Waals surface area (Å²) in [6.07, 6.45) is 0.752. The van der Waals surface area contributed by atoms with E-state index < -0.39 is 30.3 Å². The van der Waals surface area contributed by atoms with Crippen molar-refractivity contribution in [2.75, 3.05) is 16.8 Å². The Bertz CT molecular complexity index is 1250. The van der Waals surface area contributed by atoms with Crippen LogP contribution in [0.25, 0.3) is 0 Å². The van der Waals surface area contributed by atoms with Crippen LogP contribution < -0.4 is 10.2 Å². The van der Waals surface area contributed by atoms with Gasteiger partial charge in [-0.25, -0.2) is 9.69 Å². The van der Waals surface area contributed by atoms with Crippen LogP contribution in [-0.4, -0.2) is 30.3 Å². The first kappa shape index (κ1) is 22.0. The average molecular weight is 442 g/mol. The molecule has 7 nitrogen and oxygen atoms in total. The zero-order valence-corrected chi connectivity index (χ0v) is 18.3. The molecule has 1 N–H and O–H groups in total. The molecular weight excluding hydrogens is 420 g/mol. The maximum Gasteiger partial charge on any atom is 0.338 e. The molecule has 0 aliphatic carbocycles. The van der Waals surface area contributed by atoms with Crippen LogP contribution in [0.5, 0.6) is 0 Å². The third-order valence-electron chi connectivity index (χ3n) is 5.47. The van der Waals surface area contributed by atoms with E-state index in [2.05, 4.69) is 5.32 Å². The third kappa shape index (κ3) is 4.25. The number of aryl methyl sites for hydroxylation is 2. The summed E-state index contributed by atoms with van der Waals surface area (Å²) in [7, 11) is 0. The SMILES string of the molecule is CCc1cccc(C)c1NC(=O)COC(=O)c1cccc(N2C(=O)c3ccccc3C2=O)c1. The van der Waals surface area contributed by atoms with Gasteiger partial charge < -0.3 is 10.1 Å². The normalized spacial score (nSPS) is 12.5. The molecule has 0 unspecified atom stereocenters. The number of benzene rings is 3. The molecule has 0 bridgehead atoms. The molecule has 7 heteroatoms. The van der Waals surface area contributed by atoms with Crippen LogP contribution in [0.3, 0.4) is 0 Å². The van der Waals surface area contributed by atoms with Gasteiger partial charge in [-0.05, 0) is 54.8 Å². The number of anilines is 2. The minimum Gasteiger partial charge on any atom is -0.452 e. The largest absolute Gasteiger partial charge is 0.452 e. The van der Waals surface area contributed by atoms with Gasteiger partial charge in [0, 0.05) is 5.69 Å². The predicted octanol–water partition coefficient (Wildman–Crippen LogP) is 4.15. The highest BCUT2D eigenvalue weighted by molar-refractivity contribution is 6.34. The molecule has 3 amide bonds. The van der Waals surface area contributed by atoms with Gasteiger partial charge in [-0.1, -0.05) is 43.3 Å². The number of carbonyl (C=O) groups excluding carboxylic acids is 4. The van der Waals surface area contributed by atoms with Crippen LogP contribution in [0.1, 0.15) is 49.1 Å². The van der Waals surface area contributed by atoms with E-state index in [4.69, 9.17) is 4.74 Å². The molecule has 0 radical (unpaired) electrons. The number of esters is 1. The number of nitrogens with zero attached hydrogens (tertiary/aromatic N) is 1. The maximum absolute atomic E-state index is 12.7. The molecule has 0 atom stereocenters. The number of fused-ring (bicyclic) bond motifs is 1. The average Bonchev–Trinajstić information content (AvgIpc) is 3.09. The van der Waals surface area contributed by atoms with E-state index in [1.165, 1.54) is 12.1 Å². The van der Waals surface area contributed by atoms with Gasteiger partial charge in [0.05, 0.1) is 22.4 Å². The number of ether oxygens (including phenoxy) is 1. The zero-order valence-electron chi connectivity index (χ0n) is 18.3. The van der Waals surface area contributed by atoms with E-state index in [9.17, 15) is 19.2 Å². The molecule has 0 spiro atoms. The number of rotatable bonds is 6. The number of hydrogen-bond acceptors (Lipinski definition) is 5. The molecule has 166 valence electrons. The highest BCUT2D eigenvalue weighted by Crippen LogP contribution is 2.29. The molecule has 3 aromatic carbocycles. The zero-order chi connectivity index (χ0) is 23.5. The Morgan fingerprint density at radius 3 is 2.24 bits per heavy atom. The number of nitrogens with one attached hydrogen (secondary N) is 1. The van der Waals surface area contributed by atoms with Crippen LogP contribution in [0, 0.1) is 6.92 Å². The second kappa shape index (κ2) is 9.08. The maximum atomic E-state index is 12.7. The minimum atomic E-state index is -0.732. The van der Waals surface area contributed by atoms with Crippen LogP contribution in [0.4, 0.5) is 11.4 Å².